The fraction of sp³-hybridized carbons (Fsp3) is 0.133. The maximum absolute atomic E-state index is 12.7. The molecule has 0 spiro atoms. The van der Waals surface area contributed by atoms with Crippen LogP contribution in [0.3, 0.4) is 0 Å². The average Bonchev–Trinajstić information content (AvgIpc) is 2.50. The zero-order valence-electron chi connectivity index (χ0n) is 11.2. The Kier molecular flexibility index (Phi) is 5.45. The van der Waals surface area contributed by atoms with Crippen molar-refractivity contribution in [3.63, 3.8) is 0 Å². The van der Waals surface area contributed by atoms with E-state index in [-0.39, 0.29) is 12.4 Å². The number of halogens is 1. The standard InChI is InChI=1S/C15H15FN2O2S/c16-12-6-8-13(9-7-12)18-15(19)17-10-11-21(20)14-4-2-1-3-5-14/h1-9H,10-11H2,(H2,17,18,19). The smallest absolute Gasteiger partial charge is 0.319 e. The van der Waals surface area contributed by atoms with Crippen LogP contribution < -0.4 is 10.6 Å². The minimum atomic E-state index is -1.14. The molecule has 110 valence electrons. The van der Waals surface area contributed by atoms with E-state index >= 15 is 0 Å². The Morgan fingerprint density at radius 3 is 2.38 bits per heavy atom. The third kappa shape index (κ3) is 5.00. The highest BCUT2D eigenvalue weighted by Gasteiger charge is 2.05. The van der Waals surface area contributed by atoms with Gasteiger partial charge in [-0.2, -0.15) is 0 Å². The third-order valence-corrected chi connectivity index (χ3v) is 4.05. The first kappa shape index (κ1) is 15.2. The molecule has 21 heavy (non-hydrogen) atoms. The lowest BCUT2D eigenvalue weighted by molar-refractivity contribution is 0.252. The average molecular weight is 306 g/mol. The van der Waals surface area contributed by atoms with Gasteiger partial charge in [0.1, 0.15) is 5.82 Å². The van der Waals surface area contributed by atoms with Crippen LogP contribution in [0.25, 0.3) is 0 Å². The number of carbonyl (C=O) groups is 1. The summed E-state index contributed by atoms with van der Waals surface area (Å²) in [4.78, 5) is 12.3. The molecule has 2 rings (SSSR count). The number of anilines is 1. The summed E-state index contributed by atoms with van der Waals surface area (Å²) < 4.78 is 24.6. The van der Waals surface area contributed by atoms with Crippen molar-refractivity contribution in [1.29, 1.82) is 0 Å². The van der Waals surface area contributed by atoms with Crippen molar-refractivity contribution in [2.24, 2.45) is 0 Å². The summed E-state index contributed by atoms with van der Waals surface area (Å²) in [6.45, 7) is 0.286. The Bertz CT molecular complexity index is 617. The topological polar surface area (TPSA) is 58.2 Å². The lowest BCUT2D eigenvalue weighted by Gasteiger charge is -2.07. The van der Waals surface area contributed by atoms with Gasteiger partial charge in [0.05, 0.1) is 10.8 Å². The van der Waals surface area contributed by atoms with Gasteiger partial charge >= 0.3 is 6.03 Å². The van der Waals surface area contributed by atoms with E-state index < -0.39 is 16.8 Å². The molecular formula is C15H15FN2O2S. The molecule has 2 aromatic carbocycles. The van der Waals surface area contributed by atoms with E-state index in [2.05, 4.69) is 10.6 Å². The van der Waals surface area contributed by atoms with Crippen molar-refractivity contribution in [1.82, 2.24) is 5.32 Å². The van der Waals surface area contributed by atoms with Crippen LogP contribution in [-0.4, -0.2) is 22.5 Å². The highest BCUT2D eigenvalue weighted by Crippen LogP contribution is 2.08. The number of rotatable bonds is 5. The van der Waals surface area contributed by atoms with E-state index in [1.807, 2.05) is 18.2 Å². The van der Waals surface area contributed by atoms with Gasteiger partial charge in [0.15, 0.2) is 0 Å². The van der Waals surface area contributed by atoms with Gasteiger partial charge < -0.3 is 10.6 Å². The molecular weight excluding hydrogens is 291 g/mol. The molecule has 0 saturated carbocycles. The Balaban J connectivity index is 1.74. The molecule has 0 fully saturated rings. The largest absolute Gasteiger partial charge is 0.337 e. The second-order valence-electron chi connectivity index (χ2n) is 4.25. The summed E-state index contributed by atoms with van der Waals surface area (Å²) in [6, 6.07) is 14.1. The van der Waals surface area contributed by atoms with Crippen LogP contribution in [-0.2, 0) is 10.8 Å². The molecule has 0 bridgehead atoms. The molecule has 0 heterocycles. The molecule has 0 saturated heterocycles. The predicted molar refractivity (Wildman–Crippen MR) is 81.1 cm³/mol. The highest BCUT2D eigenvalue weighted by atomic mass is 32.2. The minimum absolute atomic E-state index is 0.286. The summed E-state index contributed by atoms with van der Waals surface area (Å²) >= 11 is 0. The quantitative estimate of drug-likeness (QED) is 0.892. The van der Waals surface area contributed by atoms with Crippen molar-refractivity contribution in [3.05, 3.63) is 60.4 Å². The molecule has 1 unspecified atom stereocenters. The van der Waals surface area contributed by atoms with Gasteiger partial charge in [-0.15, -0.1) is 0 Å². The predicted octanol–water partition coefficient (Wildman–Crippen LogP) is 2.76. The molecule has 0 aliphatic heterocycles. The van der Waals surface area contributed by atoms with Crippen LogP contribution in [0.5, 0.6) is 0 Å². The molecule has 6 heteroatoms. The SMILES string of the molecule is O=C(NCCS(=O)c1ccccc1)Nc1ccc(F)cc1. The Morgan fingerprint density at radius 2 is 1.71 bits per heavy atom. The number of carbonyl (C=O) groups excluding carboxylic acids is 1. The van der Waals surface area contributed by atoms with Gasteiger partial charge in [-0.3, -0.25) is 4.21 Å². The Labute approximate surface area is 124 Å². The van der Waals surface area contributed by atoms with Crippen molar-refractivity contribution in [2.75, 3.05) is 17.6 Å². The van der Waals surface area contributed by atoms with E-state index in [0.717, 1.165) is 4.90 Å². The number of amides is 2. The van der Waals surface area contributed by atoms with Gasteiger partial charge in [-0.05, 0) is 36.4 Å². The number of hydrogen-bond acceptors (Lipinski definition) is 2. The molecule has 2 N–H and O–H groups in total. The third-order valence-electron chi connectivity index (χ3n) is 2.68. The zero-order chi connectivity index (χ0) is 15.1. The number of urea groups is 1. The van der Waals surface area contributed by atoms with Crippen LogP contribution in [0.1, 0.15) is 0 Å². The first-order valence-electron chi connectivity index (χ1n) is 6.39. The van der Waals surface area contributed by atoms with Gasteiger partial charge in [-0.25, -0.2) is 9.18 Å². The Morgan fingerprint density at radius 1 is 1.05 bits per heavy atom. The van der Waals surface area contributed by atoms with Crippen LogP contribution in [0.4, 0.5) is 14.9 Å². The van der Waals surface area contributed by atoms with Gasteiger partial charge in [0, 0.05) is 22.9 Å². The molecule has 2 aromatic rings. The van der Waals surface area contributed by atoms with Crippen LogP contribution >= 0.6 is 0 Å². The molecule has 1 atom stereocenters. The van der Waals surface area contributed by atoms with Gasteiger partial charge in [-0.1, -0.05) is 18.2 Å². The van der Waals surface area contributed by atoms with Crippen molar-refractivity contribution in [2.45, 2.75) is 4.90 Å². The van der Waals surface area contributed by atoms with Crippen LogP contribution in [0, 0.1) is 5.82 Å². The molecule has 0 radical (unpaired) electrons. The first-order chi connectivity index (χ1) is 10.1. The maximum Gasteiger partial charge on any atom is 0.319 e. The number of benzene rings is 2. The molecule has 0 aliphatic carbocycles. The summed E-state index contributed by atoms with van der Waals surface area (Å²) in [6.07, 6.45) is 0. The molecule has 0 aliphatic rings. The van der Waals surface area contributed by atoms with Crippen molar-refractivity contribution in [3.8, 4) is 0 Å². The maximum atomic E-state index is 12.7. The normalized spacial score (nSPS) is 11.7. The van der Waals surface area contributed by atoms with E-state index in [1.54, 1.807) is 12.1 Å². The molecule has 2 amide bonds. The summed E-state index contributed by atoms with van der Waals surface area (Å²) in [5.41, 5.74) is 0.498. The van der Waals surface area contributed by atoms with Crippen LogP contribution in [0.15, 0.2) is 59.5 Å². The Hall–Kier alpha value is -2.21. The van der Waals surface area contributed by atoms with E-state index in [0.29, 0.717) is 11.4 Å². The summed E-state index contributed by atoms with van der Waals surface area (Å²) in [7, 11) is -1.14. The first-order valence-corrected chi connectivity index (χ1v) is 7.71. The number of hydrogen-bond donors (Lipinski definition) is 2. The second kappa shape index (κ2) is 7.54. The molecule has 0 aromatic heterocycles. The zero-order valence-corrected chi connectivity index (χ0v) is 12.0. The minimum Gasteiger partial charge on any atom is -0.337 e. The lowest BCUT2D eigenvalue weighted by atomic mass is 10.3. The van der Waals surface area contributed by atoms with Gasteiger partial charge in [0.2, 0.25) is 0 Å². The van der Waals surface area contributed by atoms with Crippen molar-refractivity contribution < 1.29 is 13.4 Å². The summed E-state index contributed by atoms with van der Waals surface area (Å²) in [5, 5.41) is 5.18. The lowest BCUT2D eigenvalue weighted by Crippen LogP contribution is -2.31. The fourth-order valence-corrected chi connectivity index (χ4v) is 2.64. The summed E-state index contributed by atoms with van der Waals surface area (Å²) in [5.74, 6) is -0.0277. The monoisotopic (exact) mass is 306 g/mol. The van der Waals surface area contributed by atoms with Crippen LogP contribution in [0.2, 0.25) is 0 Å². The van der Waals surface area contributed by atoms with E-state index in [4.69, 9.17) is 0 Å². The number of nitrogens with one attached hydrogen (secondary N) is 2. The molecule has 4 nitrogen and oxygen atoms in total. The highest BCUT2D eigenvalue weighted by molar-refractivity contribution is 7.85. The van der Waals surface area contributed by atoms with Crippen molar-refractivity contribution >= 4 is 22.5 Å². The second-order valence-corrected chi connectivity index (χ2v) is 5.82. The fourth-order valence-electron chi connectivity index (χ4n) is 1.66. The van der Waals surface area contributed by atoms with E-state index in [1.165, 1.54) is 24.3 Å². The van der Waals surface area contributed by atoms with Gasteiger partial charge in [0.25, 0.3) is 0 Å². The van der Waals surface area contributed by atoms with E-state index in [9.17, 15) is 13.4 Å².